The monoisotopic (exact) mass is 613 g/mol. The first-order chi connectivity index (χ1) is 22.2. The molecular formula is C33H47N11O. The number of amides is 1. The molecule has 0 radical (unpaired) electrons. The molecule has 12 heteroatoms. The highest BCUT2D eigenvalue weighted by Gasteiger charge is 2.25. The van der Waals surface area contributed by atoms with E-state index in [1.807, 2.05) is 41.3 Å². The number of rotatable bonds is 15. The van der Waals surface area contributed by atoms with E-state index in [0.717, 1.165) is 55.2 Å². The largest absolute Gasteiger partial charge is 0.352 e. The Morgan fingerprint density at radius 1 is 0.956 bits per heavy atom. The zero-order valence-corrected chi connectivity index (χ0v) is 26.2. The van der Waals surface area contributed by atoms with Gasteiger partial charge in [-0.25, -0.2) is 4.98 Å². The minimum Gasteiger partial charge on any atom is -0.352 e. The van der Waals surface area contributed by atoms with Crippen LogP contribution in [0, 0.1) is 0 Å². The Morgan fingerprint density at radius 2 is 1.76 bits per heavy atom. The number of fused-ring (bicyclic) bond motifs is 1. The molecule has 2 fully saturated rings. The van der Waals surface area contributed by atoms with Crippen molar-refractivity contribution in [3.8, 4) is 0 Å². The summed E-state index contributed by atoms with van der Waals surface area (Å²) in [5.41, 5.74) is 1.93. The fourth-order valence-electron chi connectivity index (χ4n) is 5.86. The van der Waals surface area contributed by atoms with Crippen LogP contribution in [0.1, 0.15) is 55.4 Å². The first-order valence-corrected chi connectivity index (χ1v) is 16.4. The first kappa shape index (κ1) is 32.2. The van der Waals surface area contributed by atoms with Crippen LogP contribution in [-0.2, 0) is 0 Å². The lowest BCUT2D eigenvalue weighted by molar-refractivity contribution is 0.0740. The molecule has 1 amide bonds. The minimum atomic E-state index is -0.0470. The molecule has 1 aliphatic heterocycles. The molecule has 0 unspecified atom stereocenters. The van der Waals surface area contributed by atoms with Crippen molar-refractivity contribution in [2.75, 3.05) is 69.1 Å². The molecule has 5 rings (SSSR count). The number of pyridine rings is 1. The number of nitrogens with one attached hydrogen (secondary N) is 3. The molecular weight excluding hydrogens is 566 g/mol. The molecule has 1 aliphatic carbocycles. The number of piperazine rings is 1. The second kappa shape index (κ2) is 17.4. The zero-order chi connectivity index (χ0) is 31.1. The highest BCUT2D eigenvalue weighted by Crippen LogP contribution is 2.26. The highest BCUT2D eigenvalue weighted by atomic mass is 16.2. The van der Waals surface area contributed by atoms with Crippen LogP contribution in [0.25, 0.3) is 10.9 Å². The predicted octanol–water partition coefficient (Wildman–Crippen LogP) is 3.08. The van der Waals surface area contributed by atoms with Gasteiger partial charge in [-0.05, 0) is 69.6 Å². The summed E-state index contributed by atoms with van der Waals surface area (Å²) < 4.78 is 0. The summed E-state index contributed by atoms with van der Waals surface area (Å²) in [5.74, 6) is 6.95. The van der Waals surface area contributed by atoms with Crippen LogP contribution in [-0.4, -0.2) is 103 Å². The van der Waals surface area contributed by atoms with Gasteiger partial charge >= 0.3 is 0 Å². The Kier molecular flexibility index (Phi) is 12.4. The van der Waals surface area contributed by atoms with Gasteiger partial charge in [0, 0.05) is 56.6 Å². The second-order valence-electron chi connectivity index (χ2n) is 11.6. The molecule has 0 spiro atoms. The van der Waals surface area contributed by atoms with Gasteiger partial charge in [-0.15, -0.1) is 0 Å². The van der Waals surface area contributed by atoms with Crippen molar-refractivity contribution in [3.05, 3.63) is 54.4 Å². The standard InChI is InChI=1S/C33H47N11O/c34-42-27(24-36-17-8-15-35-16-9-19-37-26-10-2-1-3-11-26)25-39-33-40-29-13-5-4-12-28(29)31(41-33)43-20-22-44(23-21-43)32(45)30-14-6-7-18-38-30/h4-7,12-14,18,24,26,35,37H,1-3,8-11,15-17,19-23,25,34H2,(H,39,40,41). The highest BCUT2D eigenvalue weighted by molar-refractivity contribution is 6.32. The molecule has 1 saturated carbocycles. The third-order valence-electron chi connectivity index (χ3n) is 8.38. The maximum atomic E-state index is 12.9. The number of para-hydroxylation sites is 1. The van der Waals surface area contributed by atoms with Gasteiger partial charge in [0.25, 0.3) is 5.91 Å². The molecule has 12 nitrogen and oxygen atoms in total. The van der Waals surface area contributed by atoms with Crippen molar-refractivity contribution < 1.29 is 4.79 Å². The molecule has 3 aromatic rings. The molecule has 3 heterocycles. The molecule has 240 valence electrons. The molecule has 45 heavy (non-hydrogen) atoms. The summed E-state index contributed by atoms with van der Waals surface area (Å²) in [6, 6.07) is 14.1. The maximum absolute atomic E-state index is 12.9. The molecule has 1 aromatic carbocycles. The Morgan fingerprint density at radius 3 is 2.56 bits per heavy atom. The fraction of sp³-hybridized carbons (Fsp3) is 0.515. The van der Waals surface area contributed by atoms with Crippen molar-refractivity contribution in [1.82, 2.24) is 30.5 Å². The van der Waals surface area contributed by atoms with Gasteiger partial charge < -0.3 is 31.6 Å². The van der Waals surface area contributed by atoms with E-state index in [0.29, 0.717) is 56.6 Å². The lowest BCUT2D eigenvalue weighted by Gasteiger charge is -2.35. The molecule has 2 aromatic heterocycles. The number of benzene rings is 1. The van der Waals surface area contributed by atoms with Crippen LogP contribution in [0.4, 0.5) is 11.8 Å². The van der Waals surface area contributed by atoms with E-state index in [9.17, 15) is 4.79 Å². The van der Waals surface area contributed by atoms with Crippen LogP contribution in [0.5, 0.6) is 0 Å². The van der Waals surface area contributed by atoms with Crippen molar-refractivity contribution in [2.45, 2.75) is 51.0 Å². The number of nitrogens with zero attached hydrogens (tertiary/aromatic N) is 7. The predicted molar refractivity (Wildman–Crippen MR) is 182 cm³/mol. The molecule has 5 N–H and O–H groups in total. The number of carbonyl (C=O) groups is 1. The van der Waals surface area contributed by atoms with Gasteiger partial charge in [0.1, 0.15) is 11.5 Å². The average molecular weight is 614 g/mol. The van der Waals surface area contributed by atoms with Crippen molar-refractivity contribution >= 4 is 40.5 Å². The maximum Gasteiger partial charge on any atom is 0.272 e. The normalized spacial score (nSPS) is 16.5. The van der Waals surface area contributed by atoms with Crippen LogP contribution in [0.3, 0.4) is 0 Å². The van der Waals surface area contributed by atoms with E-state index < -0.39 is 0 Å². The van der Waals surface area contributed by atoms with Gasteiger partial charge in [-0.2, -0.15) is 10.1 Å². The summed E-state index contributed by atoms with van der Waals surface area (Å²) in [5, 5.41) is 15.4. The van der Waals surface area contributed by atoms with Gasteiger partial charge in [0.2, 0.25) is 5.95 Å². The number of hydrogen-bond donors (Lipinski definition) is 4. The lowest BCUT2D eigenvalue weighted by atomic mass is 9.95. The molecule has 2 aliphatic rings. The summed E-state index contributed by atoms with van der Waals surface area (Å²) in [6.45, 7) is 6.61. The topological polar surface area (TPSA) is 149 Å². The molecule has 0 bridgehead atoms. The zero-order valence-electron chi connectivity index (χ0n) is 26.2. The van der Waals surface area contributed by atoms with Crippen LogP contribution in [0.15, 0.2) is 58.8 Å². The van der Waals surface area contributed by atoms with Crippen LogP contribution in [0.2, 0.25) is 0 Å². The second-order valence-corrected chi connectivity index (χ2v) is 11.6. The third-order valence-corrected chi connectivity index (χ3v) is 8.38. The SMILES string of the molecule is NN=C(C=NCCCNCCCNC1CCCCC1)CNc1nc(N2CCN(C(=O)c3ccccn3)CC2)c2ccccc2n1. The van der Waals surface area contributed by atoms with Gasteiger partial charge in [-0.1, -0.05) is 37.5 Å². The Hall–Kier alpha value is -4.16. The lowest BCUT2D eigenvalue weighted by Crippen LogP contribution is -2.49. The van der Waals surface area contributed by atoms with E-state index >= 15 is 0 Å². The van der Waals surface area contributed by atoms with Crippen molar-refractivity contribution in [3.63, 3.8) is 0 Å². The number of aliphatic imine (C=N–C) groups is 1. The van der Waals surface area contributed by atoms with Gasteiger partial charge in [0.15, 0.2) is 0 Å². The quantitative estimate of drug-likeness (QED) is 0.0878. The third kappa shape index (κ3) is 9.66. The first-order valence-electron chi connectivity index (χ1n) is 16.4. The Bertz CT molecular complexity index is 1400. The molecule has 0 atom stereocenters. The average Bonchev–Trinajstić information content (AvgIpc) is 3.10. The van der Waals surface area contributed by atoms with E-state index in [-0.39, 0.29) is 5.91 Å². The van der Waals surface area contributed by atoms with Crippen molar-refractivity contribution in [1.29, 1.82) is 0 Å². The van der Waals surface area contributed by atoms with Gasteiger partial charge in [0.05, 0.1) is 17.8 Å². The van der Waals surface area contributed by atoms with E-state index in [2.05, 4.69) is 35.9 Å². The number of aromatic nitrogens is 3. The fourth-order valence-corrected chi connectivity index (χ4v) is 5.86. The van der Waals surface area contributed by atoms with Gasteiger partial charge in [-0.3, -0.25) is 14.8 Å². The smallest absolute Gasteiger partial charge is 0.272 e. The summed E-state index contributed by atoms with van der Waals surface area (Å²) in [4.78, 5) is 35.3. The van der Waals surface area contributed by atoms with Crippen LogP contribution >= 0.6 is 0 Å². The number of hydrogen-bond acceptors (Lipinski definition) is 11. The van der Waals surface area contributed by atoms with E-state index in [1.54, 1.807) is 18.5 Å². The number of carbonyl (C=O) groups excluding carboxylic acids is 1. The number of anilines is 2. The molecule has 1 saturated heterocycles. The van der Waals surface area contributed by atoms with Crippen LogP contribution < -0.4 is 26.7 Å². The minimum absolute atomic E-state index is 0.0470. The summed E-state index contributed by atoms with van der Waals surface area (Å²) >= 11 is 0. The summed E-state index contributed by atoms with van der Waals surface area (Å²) in [6.07, 6.45) is 12.3. The Balaban J connectivity index is 1.06. The Labute approximate surface area is 266 Å². The number of hydrazone groups is 1. The van der Waals surface area contributed by atoms with Crippen molar-refractivity contribution in [2.24, 2.45) is 15.9 Å². The number of nitrogens with two attached hydrogens (primary N) is 1. The summed E-state index contributed by atoms with van der Waals surface area (Å²) in [7, 11) is 0. The van der Waals surface area contributed by atoms with E-state index in [4.69, 9.17) is 15.8 Å². The van der Waals surface area contributed by atoms with E-state index in [1.165, 1.54) is 32.1 Å².